The topological polar surface area (TPSA) is 63.2 Å². The van der Waals surface area contributed by atoms with E-state index in [2.05, 4.69) is 4.94 Å². The third kappa shape index (κ3) is 6.62. The lowest BCUT2D eigenvalue weighted by Crippen LogP contribution is -2.26. The Balaban J connectivity index is 2.80. The van der Waals surface area contributed by atoms with Crippen LogP contribution >= 0.6 is 0 Å². The van der Waals surface area contributed by atoms with Crippen LogP contribution in [0.15, 0.2) is 18.2 Å². The Labute approximate surface area is 141 Å². The molecule has 0 N–H and O–H groups in total. The lowest BCUT2D eigenvalue weighted by Gasteiger charge is -2.22. The van der Waals surface area contributed by atoms with Crippen molar-refractivity contribution in [3.8, 4) is 17.2 Å². The van der Waals surface area contributed by atoms with Gasteiger partial charge >= 0.3 is 5.97 Å². The van der Waals surface area contributed by atoms with Crippen molar-refractivity contribution in [1.29, 1.82) is 0 Å². The highest BCUT2D eigenvalue weighted by Gasteiger charge is 2.21. The first kappa shape index (κ1) is 20.0. The number of ether oxygens (including phenoxy) is 4. The summed E-state index contributed by atoms with van der Waals surface area (Å²) in [6.45, 7) is 4.82. The third-order valence-corrected chi connectivity index (χ3v) is 3.37. The van der Waals surface area contributed by atoms with Crippen molar-refractivity contribution >= 4 is 5.97 Å². The first-order valence-corrected chi connectivity index (χ1v) is 7.79. The van der Waals surface area contributed by atoms with E-state index >= 15 is 0 Å². The maximum atomic E-state index is 12.0. The molecule has 6 nitrogen and oxygen atoms in total. The quantitative estimate of drug-likeness (QED) is 0.574. The van der Waals surface area contributed by atoms with Gasteiger partial charge in [-0.25, -0.2) is 4.79 Å². The van der Waals surface area contributed by atoms with Crippen LogP contribution in [-0.2, 0) is 14.5 Å². The van der Waals surface area contributed by atoms with E-state index in [1.54, 1.807) is 32.4 Å². The molecule has 1 unspecified atom stereocenters. The molecule has 1 rings (SSSR count). The van der Waals surface area contributed by atoms with E-state index in [-0.39, 0.29) is 12.3 Å². The Kier molecular flexibility index (Phi) is 8.93. The highest BCUT2D eigenvalue weighted by molar-refractivity contribution is 5.69. The molecule has 0 fully saturated rings. The zero-order chi connectivity index (χ0) is 17.9. The molecule has 7 heteroatoms. The Morgan fingerprint density at radius 1 is 1.17 bits per heavy atom. The molecular weight excluding hydrogens is 319 g/mol. The van der Waals surface area contributed by atoms with Crippen LogP contribution < -0.4 is 14.2 Å². The number of carbonyl (C=O) groups excluding carboxylic acids is 1. The zero-order valence-electron chi connectivity index (χ0n) is 14.5. The van der Waals surface area contributed by atoms with Crippen LogP contribution in [0, 0.1) is 5.92 Å². The van der Waals surface area contributed by atoms with Gasteiger partial charge in [-0.3, -0.25) is 4.94 Å². The van der Waals surface area contributed by atoms with Crippen LogP contribution in [0.2, 0.25) is 0 Å². The first-order chi connectivity index (χ1) is 11.5. The van der Waals surface area contributed by atoms with E-state index in [0.717, 1.165) is 6.42 Å². The van der Waals surface area contributed by atoms with Crippen LogP contribution in [-0.4, -0.2) is 39.5 Å². The number of rotatable bonds is 11. The summed E-state index contributed by atoms with van der Waals surface area (Å²) in [5.74, 6) is 0.643. The minimum atomic E-state index is -0.960. The van der Waals surface area contributed by atoms with Gasteiger partial charge in [0.15, 0.2) is 11.5 Å². The molecule has 0 radical (unpaired) electrons. The van der Waals surface area contributed by atoms with Gasteiger partial charge < -0.3 is 18.9 Å². The van der Waals surface area contributed by atoms with Gasteiger partial charge in [0.1, 0.15) is 11.9 Å². The predicted molar refractivity (Wildman–Crippen MR) is 86.1 cm³/mol. The standard InChI is InChI=1S/C17H25FO6/c1-12(2)15(11-17(19)24-18)23-13-6-7-14(21-4)16(10-13)22-9-5-8-20-3/h6-7,10,12,15H,5,8-9,11H2,1-4H3. The minimum absolute atomic E-state index is 0.00252. The maximum absolute atomic E-state index is 12.0. The minimum Gasteiger partial charge on any atom is -0.493 e. The second-order valence-electron chi connectivity index (χ2n) is 5.56. The molecule has 0 aliphatic carbocycles. The van der Waals surface area contributed by atoms with Crippen LogP contribution in [0.1, 0.15) is 26.7 Å². The van der Waals surface area contributed by atoms with Crippen molar-refractivity contribution in [2.75, 3.05) is 27.4 Å². The van der Waals surface area contributed by atoms with Crippen molar-refractivity contribution in [1.82, 2.24) is 0 Å². The first-order valence-electron chi connectivity index (χ1n) is 7.79. The number of methoxy groups -OCH3 is 2. The number of halogens is 1. The summed E-state index contributed by atoms with van der Waals surface area (Å²) < 4.78 is 33.7. The molecule has 0 aliphatic rings. The smallest absolute Gasteiger partial charge is 0.352 e. The molecule has 0 aliphatic heterocycles. The Bertz CT molecular complexity index is 506. The summed E-state index contributed by atoms with van der Waals surface area (Å²) in [4.78, 5) is 14.4. The lowest BCUT2D eigenvalue weighted by atomic mass is 10.0. The molecule has 136 valence electrons. The van der Waals surface area contributed by atoms with Gasteiger partial charge in [0.05, 0.1) is 20.1 Å². The summed E-state index contributed by atoms with van der Waals surface area (Å²) in [6.07, 6.45) is 0.0503. The highest BCUT2D eigenvalue weighted by atomic mass is 19.3. The number of benzene rings is 1. The second kappa shape index (κ2) is 10.7. The van der Waals surface area contributed by atoms with Crippen LogP contribution in [0.5, 0.6) is 17.2 Å². The SMILES string of the molecule is COCCCOc1cc(OC(CC(=O)OF)C(C)C)ccc1OC. The van der Waals surface area contributed by atoms with Gasteiger partial charge in [-0.1, -0.05) is 13.8 Å². The Morgan fingerprint density at radius 3 is 2.50 bits per heavy atom. The number of hydrogen-bond acceptors (Lipinski definition) is 6. The maximum Gasteiger partial charge on any atom is 0.352 e. The van der Waals surface area contributed by atoms with Gasteiger partial charge in [-0.2, -0.15) is 0 Å². The Morgan fingerprint density at radius 2 is 1.92 bits per heavy atom. The summed E-state index contributed by atoms with van der Waals surface area (Å²) >= 11 is 0. The summed E-state index contributed by atoms with van der Waals surface area (Å²) in [5, 5.41) is 0. The van der Waals surface area contributed by atoms with Crippen LogP contribution in [0.3, 0.4) is 0 Å². The fourth-order valence-corrected chi connectivity index (χ4v) is 2.01. The van der Waals surface area contributed by atoms with Gasteiger partial charge in [0.2, 0.25) is 0 Å². The third-order valence-electron chi connectivity index (χ3n) is 3.37. The fourth-order valence-electron chi connectivity index (χ4n) is 2.01. The van der Waals surface area contributed by atoms with Crippen molar-refractivity contribution < 1.29 is 33.2 Å². The van der Waals surface area contributed by atoms with E-state index in [1.807, 2.05) is 13.8 Å². The average Bonchev–Trinajstić information content (AvgIpc) is 2.58. The monoisotopic (exact) mass is 344 g/mol. The van der Waals surface area contributed by atoms with Crippen molar-refractivity contribution in [2.45, 2.75) is 32.8 Å². The molecule has 0 aromatic heterocycles. The molecule has 0 saturated carbocycles. The van der Waals surface area contributed by atoms with Crippen molar-refractivity contribution in [2.24, 2.45) is 5.92 Å². The van der Waals surface area contributed by atoms with E-state index < -0.39 is 12.1 Å². The predicted octanol–water partition coefficient (Wildman–Crippen LogP) is 3.33. The molecule has 1 aromatic carbocycles. The Hall–Kier alpha value is -2.02. The zero-order valence-corrected chi connectivity index (χ0v) is 14.5. The summed E-state index contributed by atoms with van der Waals surface area (Å²) in [7, 11) is 3.18. The van der Waals surface area contributed by atoms with E-state index in [4.69, 9.17) is 18.9 Å². The van der Waals surface area contributed by atoms with E-state index in [9.17, 15) is 9.32 Å². The van der Waals surface area contributed by atoms with Crippen LogP contribution in [0.25, 0.3) is 0 Å². The van der Waals surface area contributed by atoms with Gasteiger partial charge in [0, 0.05) is 30.7 Å². The van der Waals surface area contributed by atoms with E-state index in [0.29, 0.717) is 30.5 Å². The van der Waals surface area contributed by atoms with Crippen molar-refractivity contribution in [3.05, 3.63) is 18.2 Å². The molecule has 0 saturated heterocycles. The normalized spacial score (nSPS) is 11.9. The second-order valence-corrected chi connectivity index (χ2v) is 5.56. The molecule has 1 atom stereocenters. The largest absolute Gasteiger partial charge is 0.493 e. The number of carbonyl (C=O) groups is 1. The molecule has 0 amide bonds. The highest BCUT2D eigenvalue weighted by Crippen LogP contribution is 2.32. The molecule has 0 spiro atoms. The average molecular weight is 344 g/mol. The lowest BCUT2D eigenvalue weighted by molar-refractivity contribution is -0.186. The molecule has 24 heavy (non-hydrogen) atoms. The molecule has 0 bridgehead atoms. The number of hydrogen-bond donors (Lipinski definition) is 0. The fraction of sp³-hybridized carbons (Fsp3) is 0.588. The van der Waals surface area contributed by atoms with Gasteiger partial charge in [-0.15, -0.1) is 0 Å². The van der Waals surface area contributed by atoms with E-state index in [1.165, 1.54) is 0 Å². The van der Waals surface area contributed by atoms with Gasteiger partial charge in [0.25, 0.3) is 0 Å². The van der Waals surface area contributed by atoms with Crippen LogP contribution in [0.4, 0.5) is 4.53 Å². The van der Waals surface area contributed by atoms with Crippen molar-refractivity contribution in [3.63, 3.8) is 0 Å². The molecule has 1 aromatic rings. The summed E-state index contributed by atoms with van der Waals surface area (Å²) in [6, 6.07) is 5.10. The molecule has 0 heterocycles. The molecular formula is C17H25FO6. The van der Waals surface area contributed by atoms with Gasteiger partial charge in [-0.05, 0) is 18.1 Å². The summed E-state index contributed by atoms with van der Waals surface area (Å²) in [5.41, 5.74) is 0.